The first-order chi connectivity index (χ1) is 19.3. The predicted octanol–water partition coefficient (Wildman–Crippen LogP) is 2.77. The molecular weight excluding hydrogens is 574 g/mol. The summed E-state index contributed by atoms with van der Waals surface area (Å²) in [6.07, 6.45) is 0.251. The first-order valence-corrected chi connectivity index (χ1v) is 14.8. The van der Waals surface area contributed by atoms with E-state index in [2.05, 4.69) is 10.2 Å². The molecule has 1 N–H and O–H groups in total. The molecule has 0 aliphatic carbocycles. The second-order valence-electron chi connectivity index (χ2n) is 9.74. The van der Waals surface area contributed by atoms with Crippen LogP contribution in [0.5, 0.6) is 0 Å². The fourth-order valence-corrected chi connectivity index (χ4v) is 6.71. The monoisotopic (exact) mass is 605 g/mol. The molecule has 3 heterocycles. The van der Waals surface area contributed by atoms with Crippen molar-refractivity contribution in [2.24, 2.45) is 21.1 Å². The molecule has 0 radical (unpaired) electrons. The molecule has 14 heteroatoms. The van der Waals surface area contributed by atoms with E-state index in [4.69, 9.17) is 21.1 Å². The van der Waals surface area contributed by atoms with E-state index in [-0.39, 0.29) is 36.6 Å². The Bertz CT molecular complexity index is 1770. The number of carbonyl (C=O) groups excluding carboxylic acids is 2. The lowest BCUT2D eigenvalue weighted by atomic mass is 9.98. The lowest BCUT2D eigenvalue weighted by Crippen LogP contribution is -2.12. The Kier molecular flexibility index (Phi) is 8.62. The number of benzene rings is 1. The summed E-state index contributed by atoms with van der Waals surface area (Å²) in [5, 5.41) is 19.2. The van der Waals surface area contributed by atoms with Crippen LogP contribution in [0.25, 0.3) is 22.0 Å². The Balaban J connectivity index is 1.89. The summed E-state index contributed by atoms with van der Waals surface area (Å²) >= 11 is 6.80. The van der Waals surface area contributed by atoms with E-state index in [9.17, 15) is 23.1 Å². The number of hydrogen-bond donors (Lipinski definition) is 1. The zero-order valence-corrected chi connectivity index (χ0v) is 25.3. The zero-order valence-electron chi connectivity index (χ0n) is 23.7. The number of rotatable bonds is 10. The van der Waals surface area contributed by atoms with Crippen molar-refractivity contribution < 1.29 is 32.6 Å². The molecule has 0 saturated carbocycles. The van der Waals surface area contributed by atoms with Crippen molar-refractivity contribution in [1.82, 2.24) is 24.1 Å². The van der Waals surface area contributed by atoms with Crippen LogP contribution in [-0.2, 0) is 69.8 Å². The van der Waals surface area contributed by atoms with Gasteiger partial charge >= 0.3 is 11.9 Å². The number of aliphatic hydroxyl groups is 1. The van der Waals surface area contributed by atoms with Gasteiger partial charge in [-0.3, -0.25) is 14.2 Å². The fraction of sp³-hybridized carbons (Fsp3) is 0.407. The standard InChI is InChI=1S/C27H32ClN5O7S/c1-15-23(21(30-32(15)3)14-41(37,38)13-16-11-17(12-34)33(4)29-16)24-20(28)9-7-18-19(8-10-22(35)39-5)26(27(36)40-6)31(2)25(18)24/h7,9,11,34H,8,10,12-14H2,1-6H3. The van der Waals surface area contributed by atoms with Crippen molar-refractivity contribution in [3.05, 3.63) is 57.3 Å². The van der Waals surface area contributed by atoms with Gasteiger partial charge in [0.05, 0.1) is 60.0 Å². The number of halogens is 1. The Morgan fingerprint density at radius 2 is 1.73 bits per heavy atom. The van der Waals surface area contributed by atoms with E-state index in [1.54, 1.807) is 48.6 Å². The Hall–Kier alpha value is -3.68. The number of methoxy groups -OCH3 is 2. The summed E-state index contributed by atoms with van der Waals surface area (Å²) in [6.45, 7) is 1.55. The molecule has 12 nitrogen and oxygen atoms in total. The molecule has 0 atom stereocenters. The van der Waals surface area contributed by atoms with Crippen LogP contribution in [-0.4, -0.2) is 63.8 Å². The first kappa shape index (κ1) is 30.3. The highest BCUT2D eigenvalue weighted by molar-refractivity contribution is 7.89. The summed E-state index contributed by atoms with van der Waals surface area (Å²) in [5.41, 5.74) is 4.21. The van der Waals surface area contributed by atoms with Crippen molar-refractivity contribution in [3.63, 3.8) is 0 Å². The Morgan fingerprint density at radius 3 is 2.34 bits per heavy atom. The molecule has 0 aliphatic heterocycles. The van der Waals surface area contributed by atoms with Gasteiger partial charge in [0.1, 0.15) is 5.69 Å². The third-order valence-electron chi connectivity index (χ3n) is 7.16. The van der Waals surface area contributed by atoms with E-state index < -0.39 is 27.5 Å². The summed E-state index contributed by atoms with van der Waals surface area (Å²) in [7, 11) is 3.85. The molecule has 220 valence electrons. The van der Waals surface area contributed by atoms with Gasteiger partial charge in [0.15, 0.2) is 9.84 Å². The van der Waals surface area contributed by atoms with E-state index in [0.717, 1.165) is 0 Å². The lowest BCUT2D eigenvalue weighted by molar-refractivity contribution is -0.140. The molecule has 3 aromatic heterocycles. The fourth-order valence-electron chi connectivity index (χ4n) is 5.15. The zero-order chi connectivity index (χ0) is 30.2. The molecule has 0 saturated heterocycles. The molecule has 0 unspecified atom stereocenters. The molecule has 4 rings (SSSR count). The molecule has 0 bridgehead atoms. The number of aliphatic hydroxyl groups excluding tert-OH is 1. The SMILES string of the molecule is COC(=O)CCc1c(C(=O)OC)n(C)c2c(-c3c(CS(=O)(=O)Cc4cc(CO)n(C)n4)nn(C)c3C)c(Cl)ccc12. The predicted molar refractivity (Wildman–Crippen MR) is 152 cm³/mol. The highest BCUT2D eigenvalue weighted by Crippen LogP contribution is 2.42. The number of hydrogen-bond acceptors (Lipinski definition) is 9. The van der Waals surface area contributed by atoms with Gasteiger partial charge in [-0.2, -0.15) is 10.2 Å². The van der Waals surface area contributed by atoms with Gasteiger partial charge in [-0.15, -0.1) is 0 Å². The molecule has 4 aromatic rings. The second kappa shape index (κ2) is 11.7. The maximum Gasteiger partial charge on any atom is 0.354 e. The summed E-state index contributed by atoms with van der Waals surface area (Å²) in [4.78, 5) is 24.9. The van der Waals surface area contributed by atoms with E-state index >= 15 is 0 Å². The number of carbonyl (C=O) groups is 2. The van der Waals surface area contributed by atoms with E-state index in [1.165, 1.54) is 18.9 Å². The highest BCUT2D eigenvalue weighted by atomic mass is 35.5. The van der Waals surface area contributed by atoms with Crippen molar-refractivity contribution in [1.29, 1.82) is 0 Å². The summed E-state index contributed by atoms with van der Waals surface area (Å²) < 4.78 is 41.3. The summed E-state index contributed by atoms with van der Waals surface area (Å²) in [6, 6.07) is 4.99. The molecule has 0 fully saturated rings. The summed E-state index contributed by atoms with van der Waals surface area (Å²) in [5.74, 6) is -1.76. The van der Waals surface area contributed by atoms with Crippen molar-refractivity contribution in [2.45, 2.75) is 37.9 Å². The van der Waals surface area contributed by atoms with Crippen LogP contribution >= 0.6 is 11.6 Å². The Morgan fingerprint density at radius 1 is 1.02 bits per heavy atom. The average Bonchev–Trinajstić information content (AvgIpc) is 3.51. The first-order valence-electron chi connectivity index (χ1n) is 12.6. The molecule has 0 aliphatic rings. The number of aryl methyl sites for hydroxylation is 4. The van der Waals surface area contributed by atoms with Gasteiger partial charge < -0.3 is 19.1 Å². The van der Waals surface area contributed by atoms with Crippen LogP contribution in [0.4, 0.5) is 0 Å². The topological polar surface area (TPSA) is 148 Å². The average molecular weight is 606 g/mol. The number of ether oxygens (including phenoxy) is 2. The van der Waals surface area contributed by atoms with Crippen LogP contribution in [0.15, 0.2) is 18.2 Å². The van der Waals surface area contributed by atoms with Gasteiger partial charge in [0, 0.05) is 49.8 Å². The van der Waals surface area contributed by atoms with E-state index in [0.29, 0.717) is 49.7 Å². The van der Waals surface area contributed by atoms with Crippen molar-refractivity contribution in [3.8, 4) is 11.1 Å². The lowest BCUT2D eigenvalue weighted by Gasteiger charge is -2.12. The largest absolute Gasteiger partial charge is 0.469 e. The van der Waals surface area contributed by atoms with Crippen molar-refractivity contribution >= 4 is 44.3 Å². The molecular formula is C27H32ClN5O7S. The highest BCUT2D eigenvalue weighted by Gasteiger charge is 2.29. The normalized spacial score (nSPS) is 11.8. The minimum absolute atomic E-state index is 0.0402. The van der Waals surface area contributed by atoms with Gasteiger partial charge in [-0.25, -0.2) is 13.2 Å². The smallest absolute Gasteiger partial charge is 0.354 e. The maximum atomic E-state index is 13.4. The quantitative estimate of drug-likeness (QED) is 0.269. The third-order valence-corrected chi connectivity index (χ3v) is 8.93. The molecule has 0 amide bonds. The van der Waals surface area contributed by atoms with Crippen LogP contribution in [0.3, 0.4) is 0 Å². The number of fused-ring (bicyclic) bond motifs is 1. The van der Waals surface area contributed by atoms with Crippen LogP contribution in [0.2, 0.25) is 5.02 Å². The Labute approximate surface area is 242 Å². The van der Waals surface area contributed by atoms with Gasteiger partial charge in [0.25, 0.3) is 0 Å². The number of esters is 2. The molecule has 41 heavy (non-hydrogen) atoms. The third kappa shape index (κ3) is 5.74. The molecule has 0 spiro atoms. The van der Waals surface area contributed by atoms with Gasteiger partial charge in [-0.1, -0.05) is 17.7 Å². The second-order valence-corrected chi connectivity index (χ2v) is 12.2. The van der Waals surface area contributed by atoms with Crippen LogP contribution < -0.4 is 0 Å². The number of sulfone groups is 1. The minimum atomic E-state index is -3.76. The van der Waals surface area contributed by atoms with Crippen LogP contribution in [0, 0.1) is 6.92 Å². The number of aromatic nitrogens is 5. The number of nitrogens with zero attached hydrogens (tertiary/aromatic N) is 5. The van der Waals surface area contributed by atoms with Crippen LogP contribution in [0.1, 0.15) is 45.2 Å². The van der Waals surface area contributed by atoms with Crippen molar-refractivity contribution in [2.75, 3.05) is 14.2 Å². The van der Waals surface area contributed by atoms with E-state index in [1.807, 2.05) is 6.92 Å². The van der Waals surface area contributed by atoms with Gasteiger partial charge in [-0.05, 0) is 31.0 Å². The maximum absolute atomic E-state index is 13.4. The molecule has 1 aromatic carbocycles. The van der Waals surface area contributed by atoms with Gasteiger partial charge in [0.2, 0.25) is 0 Å². The minimum Gasteiger partial charge on any atom is -0.469 e.